The lowest BCUT2D eigenvalue weighted by Crippen LogP contribution is -1.90. The Bertz CT molecular complexity index is 851. The minimum absolute atomic E-state index is 0.250. The van der Waals surface area contributed by atoms with Crippen LogP contribution in [0.5, 0.6) is 5.75 Å². The Kier molecular flexibility index (Phi) is 4.93. The highest BCUT2D eigenvalue weighted by molar-refractivity contribution is 5.65. The van der Waals surface area contributed by atoms with Gasteiger partial charge in [-0.1, -0.05) is 36.1 Å². The van der Waals surface area contributed by atoms with Gasteiger partial charge in [-0.3, -0.25) is 0 Å². The zero-order valence-electron chi connectivity index (χ0n) is 13.4. The van der Waals surface area contributed by atoms with Crippen molar-refractivity contribution in [2.75, 3.05) is 6.61 Å². The van der Waals surface area contributed by atoms with E-state index < -0.39 is 0 Å². The van der Waals surface area contributed by atoms with E-state index in [1.165, 1.54) is 12.1 Å². The quantitative estimate of drug-likeness (QED) is 0.596. The third-order valence-corrected chi connectivity index (χ3v) is 3.58. The molecule has 0 spiro atoms. The van der Waals surface area contributed by atoms with E-state index in [-0.39, 0.29) is 5.82 Å². The summed E-state index contributed by atoms with van der Waals surface area (Å²) in [5, 5.41) is 0. The second kappa shape index (κ2) is 7.48. The van der Waals surface area contributed by atoms with Gasteiger partial charge in [0.1, 0.15) is 11.6 Å². The van der Waals surface area contributed by atoms with Crippen molar-refractivity contribution in [2.24, 2.45) is 0 Å². The predicted octanol–water partition coefficient (Wildman–Crippen LogP) is 5.29. The number of halogens is 1. The van der Waals surface area contributed by atoms with E-state index in [0.29, 0.717) is 6.61 Å². The number of hydrogen-bond acceptors (Lipinski definition) is 1. The fourth-order valence-electron chi connectivity index (χ4n) is 2.33. The molecule has 3 aromatic rings. The Morgan fingerprint density at radius 1 is 0.708 bits per heavy atom. The molecule has 1 nitrogen and oxygen atoms in total. The van der Waals surface area contributed by atoms with E-state index >= 15 is 0 Å². The number of hydrogen-bond donors (Lipinski definition) is 0. The van der Waals surface area contributed by atoms with Crippen LogP contribution in [0.2, 0.25) is 0 Å². The Morgan fingerprint density at radius 2 is 1.17 bits per heavy atom. The lowest BCUT2D eigenvalue weighted by Gasteiger charge is -2.05. The highest BCUT2D eigenvalue weighted by Gasteiger charge is 1.98. The molecule has 0 saturated heterocycles. The standard InChI is InChI=1S/C22H17FO/c1-2-24-22-15-11-20(12-16-22)19-9-5-17(6-10-19)3-4-18-7-13-21(23)14-8-18/h5-16H,2H2,1H3. The Labute approximate surface area is 141 Å². The van der Waals surface area contributed by atoms with Gasteiger partial charge in [-0.15, -0.1) is 0 Å². The SMILES string of the molecule is CCOc1ccc(-c2ccc(C#Cc3ccc(F)cc3)cc2)cc1. The normalized spacial score (nSPS) is 9.92. The molecule has 24 heavy (non-hydrogen) atoms. The summed E-state index contributed by atoms with van der Waals surface area (Å²) in [7, 11) is 0. The van der Waals surface area contributed by atoms with Crippen LogP contribution in [0.1, 0.15) is 18.1 Å². The monoisotopic (exact) mass is 316 g/mol. The van der Waals surface area contributed by atoms with Gasteiger partial charge in [0.05, 0.1) is 6.61 Å². The van der Waals surface area contributed by atoms with E-state index in [4.69, 9.17) is 4.74 Å². The molecule has 0 aliphatic rings. The van der Waals surface area contributed by atoms with Gasteiger partial charge in [0.15, 0.2) is 0 Å². The molecule has 2 heteroatoms. The zero-order valence-corrected chi connectivity index (χ0v) is 13.4. The molecule has 3 rings (SSSR count). The van der Waals surface area contributed by atoms with E-state index in [0.717, 1.165) is 28.0 Å². The lowest BCUT2D eigenvalue weighted by atomic mass is 10.0. The molecule has 0 radical (unpaired) electrons. The second-order valence-electron chi connectivity index (χ2n) is 5.29. The van der Waals surface area contributed by atoms with E-state index in [1.807, 2.05) is 55.5 Å². The average molecular weight is 316 g/mol. The lowest BCUT2D eigenvalue weighted by molar-refractivity contribution is 0.340. The summed E-state index contributed by atoms with van der Waals surface area (Å²) in [4.78, 5) is 0. The summed E-state index contributed by atoms with van der Waals surface area (Å²) >= 11 is 0. The maximum absolute atomic E-state index is 12.9. The molecule has 3 aromatic carbocycles. The van der Waals surface area contributed by atoms with Crippen LogP contribution >= 0.6 is 0 Å². The molecule has 0 aromatic heterocycles. The van der Waals surface area contributed by atoms with Gasteiger partial charge in [-0.25, -0.2) is 4.39 Å². The molecule has 0 aliphatic carbocycles. The Morgan fingerprint density at radius 3 is 1.67 bits per heavy atom. The topological polar surface area (TPSA) is 9.23 Å². The van der Waals surface area contributed by atoms with Crippen LogP contribution in [-0.4, -0.2) is 6.61 Å². The number of rotatable bonds is 3. The number of benzene rings is 3. The van der Waals surface area contributed by atoms with Crippen LogP contribution < -0.4 is 4.74 Å². The van der Waals surface area contributed by atoms with Crippen LogP contribution in [0.15, 0.2) is 72.8 Å². The minimum atomic E-state index is -0.250. The minimum Gasteiger partial charge on any atom is -0.494 e. The molecule has 0 bridgehead atoms. The van der Waals surface area contributed by atoms with Gasteiger partial charge in [-0.2, -0.15) is 0 Å². The first-order valence-electron chi connectivity index (χ1n) is 7.85. The number of ether oxygens (including phenoxy) is 1. The van der Waals surface area contributed by atoms with Crippen LogP contribution in [-0.2, 0) is 0 Å². The summed E-state index contributed by atoms with van der Waals surface area (Å²) in [6.07, 6.45) is 0. The first kappa shape index (κ1) is 15.8. The van der Waals surface area contributed by atoms with Crippen molar-refractivity contribution in [3.63, 3.8) is 0 Å². The third kappa shape index (κ3) is 4.02. The Hall–Kier alpha value is -3.05. The third-order valence-electron chi connectivity index (χ3n) is 3.58. The molecule has 0 saturated carbocycles. The summed E-state index contributed by atoms with van der Waals surface area (Å²) in [5.74, 6) is 6.76. The second-order valence-corrected chi connectivity index (χ2v) is 5.29. The molecule has 0 heterocycles. The molecular weight excluding hydrogens is 299 g/mol. The summed E-state index contributed by atoms with van der Waals surface area (Å²) in [6, 6.07) is 22.3. The van der Waals surface area contributed by atoms with Crippen molar-refractivity contribution < 1.29 is 9.13 Å². The largest absolute Gasteiger partial charge is 0.494 e. The van der Waals surface area contributed by atoms with Crippen molar-refractivity contribution >= 4 is 0 Å². The van der Waals surface area contributed by atoms with Crippen LogP contribution in [0.3, 0.4) is 0 Å². The molecular formula is C22H17FO. The van der Waals surface area contributed by atoms with Gasteiger partial charge in [0, 0.05) is 11.1 Å². The maximum Gasteiger partial charge on any atom is 0.123 e. The highest BCUT2D eigenvalue weighted by Crippen LogP contribution is 2.22. The zero-order chi connectivity index (χ0) is 16.8. The van der Waals surface area contributed by atoms with Crippen molar-refractivity contribution in [3.05, 3.63) is 89.7 Å². The molecule has 0 atom stereocenters. The molecule has 0 N–H and O–H groups in total. The molecule has 118 valence electrons. The van der Waals surface area contributed by atoms with Gasteiger partial charge in [0.2, 0.25) is 0 Å². The van der Waals surface area contributed by atoms with Gasteiger partial charge in [0.25, 0.3) is 0 Å². The summed E-state index contributed by atoms with van der Waals surface area (Å²) in [5.41, 5.74) is 3.99. The fraction of sp³-hybridized carbons (Fsp3) is 0.0909. The van der Waals surface area contributed by atoms with Crippen molar-refractivity contribution in [2.45, 2.75) is 6.92 Å². The average Bonchev–Trinajstić information content (AvgIpc) is 2.63. The summed E-state index contributed by atoms with van der Waals surface area (Å²) < 4.78 is 18.3. The highest BCUT2D eigenvalue weighted by atomic mass is 19.1. The fourth-order valence-corrected chi connectivity index (χ4v) is 2.33. The predicted molar refractivity (Wildman–Crippen MR) is 95.4 cm³/mol. The maximum atomic E-state index is 12.9. The molecule has 0 aliphatic heterocycles. The van der Waals surface area contributed by atoms with Gasteiger partial charge >= 0.3 is 0 Å². The van der Waals surface area contributed by atoms with E-state index in [1.54, 1.807) is 12.1 Å². The summed E-state index contributed by atoms with van der Waals surface area (Å²) in [6.45, 7) is 2.64. The first-order valence-corrected chi connectivity index (χ1v) is 7.85. The molecule has 0 amide bonds. The van der Waals surface area contributed by atoms with Gasteiger partial charge in [-0.05, 0) is 66.6 Å². The Balaban J connectivity index is 1.74. The first-order chi connectivity index (χ1) is 11.7. The van der Waals surface area contributed by atoms with Crippen molar-refractivity contribution in [1.29, 1.82) is 0 Å². The van der Waals surface area contributed by atoms with Crippen molar-refractivity contribution in [1.82, 2.24) is 0 Å². The van der Waals surface area contributed by atoms with Gasteiger partial charge < -0.3 is 4.74 Å². The van der Waals surface area contributed by atoms with Crippen molar-refractivity contribution in [3.8, 4) is 28.7 Å². The van der Waals surface area contributed by atoms with E-state index in [9.17, 15) is 4.39 Å². The molecule has 0 fully saturated rings. The smallest absolute Gasteiger partial charge is 0.123 e. The van der Waals surface area contributed by atoms with E-state index in [2.05, 4.69) is 11.8 Å². The molecule has 0 unspecified atom stereocenters. The van der Waals surface area contributed by atoms with Crippen LogP contribution in [0.4, 0.5) is 4.39 Å². The van der Waals surface area contributed by atoms with Crippen LogP contribution in [0.25, 0.3) is 11.1 Å². The van der Waals surface area contributed by atoms with Crippen LogP contribution in [0, 0.1) is 17.7 Å².